The van der Waals surface area contributed by atoms with E-state index in [1.807, 2.05) is 49.9 Å². The van der Waals surface area contributed by atoms with Crippen LogP contribution < -0.4 is 40.1 Å². The van der Waals surface area contributed by atoms with Crippen LogP contribution in [0.1, 0.15) is 76.3 Å². The predicted octanol–water partition coefficient (Wildman–Crippen LogP) is 5.49. The van der Waals surface area contributed by atoms with Crippen molar-refractivity contribution in [3.05, 3.63) is 63.3 Å². The van der Waals surface area contributed by atoms with Gasteiger partial charge in [-0.05, 0) is 57.0 Å². The second-order valence-electron chi connectivity index (χ2n) is 13.8. The molecule has 0 amide bonds. The molecule has 51 heavy (non-hydrogen) atoms. The number of thioether (sulfide) groups is 1. The van der Waals surface area contributed by atoms with E-state index in [-0.39, 0.29) is 42.0 Å². The fourth-order valence-electron chi connectivity index (χ4n) is 8.77. The number of aryl methyl sites for hydroxylation is 1. The topological polar surface area (TPSA) is 153 Å². The van der Waals surface area contributed by atoms with Gasteiger partial charge >= 0.3 is 5.97 Å². The van der Waals surface area contributed by atoms with Gasteiger partial charge in [-0.3, -0.25) is 9.69 Å². The van der Waals surface area contributed by atoms with E-state index in [2.05, 4.69) is 27.4 Å². The summed E-state index contributed by atoms with van der Waals surface area (Å²) in [6.45, 7) is 9.88. The molecule has 1 aromatic heterocycles. The molecule has 5 heterocycles. The monoisotopic (exact) mass is 715 g/mol. The molecule has 0 spiro atoms. The van der Waals surface area contributed by atoms with Crippen LogP contribution in [0.3, 0.4) is 0 Å². The van der Waals surface area contributed by atoms with Crippen molar-refractivity contribution in [1.29, 1.82) is 0 Å². The lowest BCUT2D eigenvalue weighted by atomic mass is 9.79. The molecule has 1 saturated heterocycles. The number of carbonyl (C=O) groups excluding carboxylic acids is 1. The van der Waals surface area contributed by atoms with Crippen LogP contribution in [0.15, 0.2) is 24.3 Å². The lowest BCUT2D eigenvalue weighted by Gasteiger charge is -2.53. The molecule has 0 saturated carbocycles. The summed E-state index contributed by atoms with van der Waals surface area (Å²) in [6.07, 6.45) is 0.879. The van der Waals surface area contributed by atoms with Gasteiger partial charge in [-0.2, -0.15) is 0 Å². The third-order valence-corrected chi connectivity index (χ3v) is 12.4. The maximum atomic E-state index is 12.7. The van der Waals surface area contributed by atoms with Crippen LogP contribution in [-0.2, 0) is 11.2 Å². The summed E-state index contributed by atoms with van der Waals surface area (Å²) in [5, 5.41) is 20.1. The number of anilines is 1. The summed E-state index contributed by atoms with van der Waals surface area (Å²) in [7, 11) is 3.22. The van der Waals surface area contributed by atoms with E-state index < -0.39 is 5.97 Å². The molecule has 0 radical (unpaired) electrons. The lowest BCUT2D eigenvalue weighted by Crippen LogP contribution is -2.58. The van der Waals surface area contributed by atoms with Crippen LogP contribution in [0.5, 0.6) is 34.5 Å². The fourth-order valence-corrected chi connectivity index (χ4v) is 10.4. The number of fused-ring (bicyclic) bond motifs is 7. The number of methoxy groups -OCH3 is 2. The van der Waals surface area contributed by atoms with Gasteiger partial charge in [-0.25, -0.2) is 0 Å². The van der Waals surface area contributed by atoms with Crippen LogP contribution in [0.2, 0.25) is 0 Å². The summed E-state index contributed by atoms with van der Waals surface area (Å²) < 4.78 is 29.6. The average Bonchev–Trinajstić information content (AvgIpc) is 3.75. The number of esters is 1. The maximum absolute atomic E-state index is 12.7. The highest BCUT2D eigenvalue weighted by molar-refractivity contribution is 7.99. The van der Waals surface area contributed by atoms with E-state index >= 15 is 0 Å². The molecule has 0 bridgehead atoms. The van der Waals surface area contributed by atoms with Crippen molar-refractivity contribution in [2.75, 3.05) is 52.1 Å². The van der Waals surface area contributed by atoms with Crippen molar-refractivity contribution < 1.29 is 33.6 Å². The molecular weight excluding hydrogens is 671 g/mol. The van der Waals surface area contributed by atoms with Gasteiger partial charge in [0.2, 0.25) is 6.79 Å². The number of carbonyl (C=O) groups is 1. The molecule has 3 aromatic carbocycles. The summed E-state index contributed by atoms with van der Waals surface area (Å²) in [5.74, 6) is 3.43. The van der Waals surface area contributed by atoms with Gasteiger partial charge in [0.15, 0.2) is 23.0 Å². The molecule has 6 N–H and O–H groups in total. The normalized spacial score (nSPS) is 23.8. The van der Waals surface area contributed by atoms with Crippen molar-refractivity contribution >= 4 is 34.3 Å². The number of aromatic amines is 1. The first kappa shape index (κ1) is 33.8. The Kier molecular flexibility index (Phi) is 8.64. The minimum atomic E-state index is -0.399. The fraction of sp³-hybridized carbons (Fsp3) is 0.447. The van der Waals surface area contributed by atoms with Crippen molar-refractivity contribution in [1.82, 2.24) is 20.5 Å². The van der Waals surface area contributed by atoms with Gasteiger partial charge in [-0.15, -0.1) is 11.8 Å². The number of benzene rings is 3. The molecular formula is C38H45N5O7S. The standard InChI is InChI=1S/C38H45N5O7S/c1-17-7-8-22(33(45)34(17)47-6)31-32-38(51-15-26-30-21(9-10-40-26)23-13-27(46-5)24(39)14-25(23)42-30)29-28(19(3)43(32)12-11-41-31)37-36(48-16-49-37)18(2)35(29)50-20(4)44/h7-8,13-14,19,26,31-32,38,40-42,45H,9-12,15-16,39H2,1-6H3. The average molecular weight is 716 g/mol. The number of aromatic nitrogens is 1. The van der Waals surface area contributed by atoms with Gasteiger partial charge in [0.25, 0.3) is 0 Å². The number of piperazine rings is 1. The number of aromatic hydroxyl groups is 1. The van der Waals surface area contributed by atoms with Crippen LogP contribution in [0, 0.1) is 13.8 Å². The number of phenols is 1. The first-order chi connectivity index (χ1) is 24.6. The number of nitrogens with two attached hydrogens (primary N) is 1. The number of nitrogens with one attached hydrogen (secondary N) is 3. The van der Waals surface area contributed by atoms with E-state index in [4.69, 9.17) is 29.4 Å². The molecule has 0 aliphatic carbocycles. The highest BCUT2D eigenvalue weighted by Crippen LogP contribution is 2.60. The van der Waals surface area contributed by atoms with Crippen LogP contribution in [-0.4, -0.2) is 73.4 Å². The molecule has 4 aliphatic heterocycles. The van der Waals surface area contributed by atoms with Crippen molar-refractivity contribution in [2.24, 2.45) is 0 Å². The Balaban J connectivity index is 1.27. The Morgan fingerprint density at radius 3 is 2.65 bits per heavy atom. The Bertz CT molecular complexity index is 2050. The van der Waals surface area contributed by atoms with Gasteiger partial charge in [0.1, 0.15) is 11.5 Å². The van der Waals surface area contributed by atoms with Crippen LogP contribution >= 0.6 is 11.8 Å². The Morgan fingerprint density at radius 1 is 1.08 bits per heavy atom. The van der Waals surface area contributed by atoms with E-state index in [0.29, 0.717) is 46.7 Å². The number of rotatable bonds is 7. The van der Waals surface area contributed by atoms with Gasteiger partial charge < -0.3 is 50.1 Å². The molecule has 12 nitrogen and oxygen atoms in total. The predicted molar refractivity (Wildman–Crippen MR) is 197 cm³/mol. The molecule has 1 fully saturated rings. The second-order valence-corrected chi connectivity index (χ2v) is 15.0. The summed E-state index contributed by atoms with van der Waals surface area (Å²) in [6, 6.07) is 7.46. The SMILES string of the molecule is COc1cc2c3c([nH]c2cc1N)C(CSC1c2c(OC(C)=O)c(C)c4c(c2C(C)N2CCNC(c5ccc(C)c(OC)c5O)C12)OCO4)NCC3. The minimum absolute atomic E-state index is 0.00442. The van der Waals surface area contributed by atoms with E-state index in [0.717, 1.165) is 63.9 Å². The Morgan fingerprint density at radius 2 is 1.88 bits per heavy atom. The van der Waals surface area contributed by atoms with Gasteiger partial charge in [-0.1, -0.05) is 12.1 Å². The summed E-state index contributed by atoms with van der Waals surface area (Å²) in [4.78, 5) is 18.9. The third kappa shape index (κ3) is 5.35. The summed E-state index contributed by atoms with van der Waals surface area (Å²) >= 11 is 1.82. The number of hydrogen-bond donors (Lipinski definition) is 5. The molecule has 4 aliphatic rings. The molecule has 5 unspecified atom stereocenters. The quantitative estimate of drug-likeness (QED) is 0.0934. The van der Waals surface area contributed by atoms with E-state index in [1.165, 1.54) is 12.5 Å². The molecule has 270 valence electrons. The van der Waals surface area contributed by atoms with Crippen molar-refractivity contribution in [2.45, 2.75) is 63.5 Å². The lowest BCUT2D eigenvalue weighted by molar-refractivity contribution is -0.132. The maximum Gasteiger partial charge on any atom is 0.308 e. The van der Waals surface area contributed by atoms with Crippen LogP contribution in [0.25, 0.3) is 10.9 Å². The van der Waals surface area contributed by atoms with E-state index in [1.54, 1.807) is 14.2 Å². The van der Waals surface area contributed by atoms with E-state index in [9.17, 15) is 9.90 Å². The minimum Gasteiger partial charge on any atom is -0.504 e. The van der Waals surface area contributed by atoms with Crippen molar-refractivity contribution in [3.63, 3.8) is 0 Å². The Hall–Kier alpha value is -4.30. The number of nitrogen functional groups attached to an aromatic ring is 1. The van der Waals surface area contributed by atoms with Gasteiger partial charge in [0, 0.05) is 76.7 Å². The number of hydrogen-bond acceptors (Lipinski definition) is 12. The zero-order valence-corrected chi connectivity index (χ0v) is 30.6. The molecule has 13 heteroatoms. The molecule has 8 rings (SSSR count). The first-order valence-corrected chi connectivity index (χ1v) is 18.5. The molecule has 4 aromatic rings. The highest BCUT2D eigenvalue weighted by atomic mass is 32.2. The molecule has 5 atom stereocenters. The largest absolute Gasteiger partial charge is 0.504 e. The first-order valence-electron chi connectivity index (χ1n) is 17.5. The Labute approximate surface area is 301 Å². The highest BCUT2D eigenvalue weighted by Gasteiger charge is 2.51. The summed E-state index contributed by atoms with van der Waals surface area (Å²) in [5.41, 5.74) is 14.6. The zero-order chi connectivity index (χ0) is 35.7. The number of ether oxygens (including phenoxy) is 5. The smallest absolute Gasteiger partial charge is 0.308 e. The number of H-pyrrole nitrogens is 1. The number of nitrogens with zero attached hydrogens (tertiary/aromatic N) is 1. The van der Waals surface area contributed by atoms with Crippen LogP contribution in [0.4, 0.5) is 5.69 Å². The van der Waals surface area contributed by atoms with Crippen molar-refractivity contribution in [3.8, 4) is 34.5 Å². The number of phenolic OH excluding ortho intramolecular Hbond substituents is 1. The third-order valence-electron chi connectivity index (χ3n) is 11.0. The second kappa shape index (κ2) is 13.0. The zero-order valence-electron chi connectivity index (χ0n) is 29.8. The van der Waals surface area contributed by atoms with Gasteiger partial charge in [0.05, 0.1) is 37.2 Å².